The monoisotopic (exact) mass is 248 g/mol. The van der Waals surface area contributed by atoms with E-state index in [9.17, 15) is 8.42 Å². The summed E-state index contributed by atoms with van der Waals surface area (Å²) in [5.41, 5.74) is 5.30. The third kappa shape index (κ3) is 3.82. The van der Waals surface area contributed by atoms with Gasteiger partial charge in [0.25, 0.3) is 0 Å². The average Bonchev–Trinajstić information content (AvgIpc) is 2.58. The number of nitrogens with one attached hydrogen (secondary N) is 3. The van der Waals surface area contributed by atoms with Gasteiger partial charge in [0.05, 0.1) is 6.26 Å². The highest BCUT2D eigenvalue weighted by Crippen LogP contribution is 2.06. The number of nitrogen functional groups attached to an aromatic ring is 1. The molecule has 0 saturated heterocycles. The van der Waals surface area contributed by atoms with Gasteiger partial charge in [-0.15, -0.1) is 0 Å². The number of aromatic nitrogens is 2. The molecule has 0 saturated carbocycles. The number of rotatable bonds is 6. The number of amidine groups is 1. The Morgan fingerprint density at radius 2 is 2.19 bits per heavy atom. The van der Waals surface area contributed by atoms with Gasteiger partial charge in [-0.3, -0.25) is 5.41 Å². The molecule has 1 heterocycles. The van der Waals surface area contributed by atoms with E-state index in [2.05, 4.69) is 25.0 Å². The van der Waals surface area contributed by atoms with Crippen LogP contribution in [0.1, 0.15) is 5.69 Å². The first-order valence-electron chi connectivity index (χ1n) is 4.25. The van der Waals surface area contributed by atoms with Crippen LogP contribution in [0.25, 0.3) is 0 Å². The normalized spacial score (nSPS) is 11.3. The second kappa shape index (κ2) is 4.90. The summed E-state index contributed by atoms with van der Waals surface area (Å²) in [4.78, 5) is 0. The number of hydrogen-bond acceptors (Lipinski definition) is 7. The molecule has 0 radical (unpaired) electrons. The van der Waals surface area contributed by atoms with Crippen LogP contribution in [-0.2, 0) is 10.0 Å². The maximum absolute atomic E-state index is 10.7. The summed E-state index contributed by atoms with van der Waals surface area (Å²) in [6.45, 7) is 0.463. The molecule has 0 amide bonds. The van der Waals surface area contributed by atoms with Gasteiger partial charge in [0.1, 0.15) is 5.84 Å². The van der Waals surface area contributed by atoms with Gasteiger partial charge in [0, 0.05) is 13.1 Å². The van der Waals surface area contributed by atoms with Gasteiger partial charge in [-0.2, -0.15) is 0 Å². The maximum atomic E-state index is 10.7. The largest absolute Gasteiger partial charge is 0.382 e. The minimum atomic E-state index is -3.21. The highest BCUT2D eigenvalue weighted by molar-refractivity contribution is 7.88. The van der Waals surface area contributed by atoms with Crippen LogP contribution >= 0.6 is 0 Å². The summed E-state index contributed by atoms with van der Waals surface area (Å²) in [5, 5.41) is 16.8. The van der Waals surface area contributed by atoms with Crippen molar-refractivity contribution in [2.45, 2.75) is 0 Å². The lowest BCUT2D eigenvalue weighted by molar-refractivity contribution is 0.307. The van der Waals surface area contributed by atoms with E-state index in [0.717, 1.165) is 6.26 Å². The Bertz CT molecular complexity index is 466. The topological polar surface area (TPSA) is 147 Å². The lowest BCUT2D eigenvalue weighted by Gasteiger charge is -2.03. The Hall–Kier alpha value is -1.68. The van der Waals surface area contributed by atoms with Crippen molar-refractivity contribution in [2.24, 2.45) is 5.73 Å². The second-order valence-electron chi connectivity index (χ2n) is 2.97. The van der Waals surface area contributed by atoms with Gasteiger partial charge < -0.3 is 11.1 Å². The van der Waals surface area contributed by atoms with Crippen LogP contribution in [-0.4, -0.2) is 43.9 Å². The van der Waals surface area contributed by atoms with E-state index in [1.54, 1.807) is 0 Å². The number of anilines is 1. The van der Waals surface area contributed by atoms with Crippen molar-refractivity contribution in [2.75, 3.05) is 24.7 Å². The number of nitrogens with two attached hydrogens (primary N) is 1. The summed E-state index contributed by atoms with van der Waals surface area (Å²) in [6, 6.07) is 0. The summed E-state index contributed by atoms with van der Waals surface area (Å²) in [6.07, 6.45) is 1.06. The van der Waals surface area contributed by atoms with Gasteiger partial charge >= 0.3 is 0 Å². The van der Waals surface area contributed by atoms with Crippen LogP contribution in [0.5, 0.6) is 0 Å². The fourth-order valence-corrected chi connectivity index (χ4v) is 1.37. The molecular weight excluding hydrogens is 236 g/mol. The molecule has 9 nitrogen and oxygen atoms in total. The fourth-order valence-electron chi connectivity index (χ4n) is 0.899. The molecule has 0 bridgehead atoms. The Balaban J connectivity index is 2.43. The maximum Gasteiger partial charge on any atom is 0.208 e. The minimum Gasteiger partial charge on any atom is -0.382 e. The third-order valence-corrected chi connectivity index (χ3v) is 2.25. The van der Waals surface area contributed by atoms with Crippen molar-refractivity contribution in [3.8, 4) is 0 Å². The van der Waals surface area contributed by atoms with E-state index in [1.807, 2.05) is 0 Å². The van der Waals surface area contributed by atoms with Crippen molar-refractivity contribution in [3.05, 3.63) is 5.69 Å². The lowest BCUT2D eigenvalue weighted by atomic mass is 10.4. The Kier molecular flexibility index (Phi) is 3.79. The molecule has 90 valence electrons. The zero-order valence-electron chi connectivity index (χ0n) is 8.52. The van der Waals surface area contributed by atoms with Gasteiger partial charge in [-0.1, -0.05) is 0 Å². The zero-order chi connectivity index (χ0) is 12.2. The number of sulfonamides is 1. The molecule has 5 N–H and O–H groups in total. The molecule has 0 aliphatic carbocycles. The Morgan fingerprint density at radius 1 is 1.50 bits per heavy atom. The van der Waals surface area contributed by atoms with Crippen molar-refractivity contribution < 1.29 is 13.0 Å². The molecule has 16 heavy (non-hydrogen) atoms. The average molecular weight is 248 g/mol. The first kappa shape index (κ1) is 12.4. The fraction of sp³-hybridized carbons (Fsp3) is 0.500. The quantitative estimate of drug-likeness (QED) is 0.267. The second-order valence-corrected chi connectivity index (χ2v) is 4.80. The van der Waals surface area contributed by atoms with E-state index >= 15 is 0 Å². The molecule has 0 unspecified atom stereocenters. The minimum absolute atomic E-state index is 0.0966. The SMILES string of the molecule is CS(=O)(=O)NCCNc1nonc1C(=N)N. The molecule has 1 rings (SSSR count). The van der Waals surface area contributed by atoms with Crippen LogP contribution < -0.4 is 15.8 Å². The van der Waals surface area contributed by atoms with E-state index in [4.69, 9.17) is 11.1 Å². The van der Waals surface area contributed by atoms with Crippen LogP contribution in [0, 0.1) is 5.41 Å². The highest BCUT2D eigenvalue weighted by atomic mass is 32.2. The van der Waals surface area contributed by atoms with Crippen LogP contribution in [0.4, 0.5) is 5.82 Å². The van der Waals surface area contributed by atoms with Gasteiger partial charge in [0.2, 0.25) is 15.8 Å². The number of nitrogens with zero attached hydrogens (tertiary/aromatic N) is 2. The van der Waals surface area contributed by atoms with Crippen molar-refractivity contribution in [1.29, 1.82) is 5.41 Å². The molecule has 0 aliphatic heterocycles. The van der Waals surface area contributed by atoms with Crippen LogP contribution in [0.3, 0.4) is 0 Å². The van der Waals surface area contributed by atoms with Gasteiger partial charge in [0.15, 0.2) is 5.69 Å². The summed E-state index contributed by atoms with van der Waals surface area (Å²) in [5.74, 6) is -0.0670. The predicted molar refractivity (Wildman–Crippen MR) is 56.7 cm³/mol. The Morgan fingerprint density at radius 3 is 2.75 bits per heavy atom. The molecular formula is C6H12N6O3S. The summed E-state index contributed by atoms with van der Waals surface area (Å²) >= 11 is 0. The Labute approximate surface area is 91.9 Å². The van der Waals surface area contributed by atoms with E-state index < -0.39 is 10.0 Å². The van der Waals surface area contributed by atoms with E-state index in [1.165, 1.54) is 0 Å². The lowest BCUT2D eigenvalue weighted by Crippen LogP contribution is -2.28. The van der Waals surface area contributed by atoms with Gasteiger partial charge in [-0.05, 0) is 10.3 Å². The predicted octanol–water partition coefficient (Wildman–Crippen LogP) is -1.69. The molecule has 0 aliphatic rings. The first-order valence-corrected chi connectivity index (χ1v) is 6.15. The van der Waals surface area contributed by atoms with Crippen molar-refractivity contribution >= 4 is 21.7 Å². The summed E-state index contributed by atoms with van der Waals surface area (Å²) < 4.78 is 28.1. The van der Waals surface area contributed by atoms with Crippen LogP contribution in [0.15, 0.2) is 4.63 Å². The number of hydrogen-bond donors (Lipinski definition) is 4. The highest BCUT2D eigenvalue weighted by Gasteiger charge is 2.11. The third-order valence-electron chi connectivity index (χ3n) is 1.53. The molecule has 0 fully saturated rings. The first-order chi connectivity index (χ1) is 7.40. The zero-order valence-corrected chi connectivity index (χ0v) is 9.34. The van der Waals surface area contributed by atoms with Crippen LogP contribution in [0.2, 0.25) is 0 Å². The van der Waals surface area contributed by atoms with Crippen molar-refractivity contribution in [1.82, 2.24) is 15.0 Å². The van der Waals surface area contributed by atoms with Gasteiger partial charge in [-0.25, -0.2) is 17.8 Å². The van der Waals surface area contributed by atoms with Crippen molar-refractivity contribution in [3.63, 3.8) is 0 Å². The smallest absolute Gasteiger partial charge is 0.208 e. The molecule has 0 atom stereocenters. The molecule has 1 aromatic heterocycles. The molecule has 10 heteroatoms. The van der Waals surface area contributed by atoms with E-state index in [0.29, 0.717) is 0 Å². The summed E-state index contributed by atoms with van der Waals surface area (Å²) in [7, 11) is -3.21. The molecule has 0 spiro atoms. The van der Waals surface area contributed by atoms with E-state index in [-0.39, 0.29) is 30.4 Å². The molecule has 0 aromatic carbocycles. The standard InChI is InChI=1S/C6H12N6O3S/c1-16(13,14)10-3-2-9-6-4(5(7)8)11-15-12-6/h10H,2-3H2,1H3,(H3,7,8)(H,9,12). The molecule has 1 aromatic rings.